The highest BCUT2D eigenvalue weighted by molar-refractivity contribution is 7.47. The number of carbonyl (C=O) groups excluding carboxylic acids is 3. The maximum Gasteiger partial charge on any atom is 0.472 e. The van der Waals surface area contributed by atoms with Crippen LogP contribution in [-0.4, -0.2) is 95.9 Å². The van der Waals surface area contributed by atoms with Crippen molar-refractivity contribution in [1.29, 1.82) is 0 Å². The number of unbranched alkanes of at least 4 members (excludes halogenated alkanes) is 35. The van der Waals surface area contributed by atoms with Gasteiger partial charge in [0, 0.05) is 19.3 Å². The van der Waals surface area contributed by atoms with Gasteiger partial charge in [0.2, 0.25) is 0 Å². The summed E-state index contributed by atoms with van der Waals surface area (Å²) in [5, 5.41) is 20.6. The number of ether oxygens (including phenoxy) is 3. The van der Waals surface area contributed by atoms with Gasteiger partial charge in [-0.25, -0.2) is 9.13 Å². The Bertz CT molecular complexity index is 2270. The summed E-state index contributed by atoms with van der Waals surface area (Å²) in [7, 11) is -9.78. The van der Waals surface area contributed by atoms with Gasteiger partial charge in [0.05, 0.1) is 26.4 Å². The number of hydrogen-bond acceptors (Lipinski definition) is 14. The first kappa shape index (κ1) is 97.2. The van der Waals surface area contributed by atoms with E-state index in [0.717, 1.165) is 141 Å². The van der Waals surface area contributed by atoms with Gasteiger partial charge in [-0.15, -0.1) is 0 Å². The molecule has 4 N–H and O–H groups in total. The molecule has 0 aromatic rings. The molecule has 5 atom stereocenters. The molecule has 0 saturated carbocycles. The van der Waals surface area contributed by atoms with Crippen LogP contribution in [0.5, 0.6) is 0 Å². The van der Waals surface area contributed by atoms with Crippen LogP contribution in [0.15, 0.2) is 109 Å². The van der Waals surface area contributed by atoms with Gasteiger partial charge >= 0.3 is 33.6 Å². The van der Waals surface area contributed by atoms with Crippen LogP contribution in [0, 0.1) is 0 Å². The fourth-order valence-corrected chi connectivity index (χ4v) is 12.5. The van der Waals surface area contributed by atoms with Crippen LogP contribution in [0.4, 0.5) is 0 Å². The minimum absolute atomic E-state index is 0.104. The van der Waals surface area contributed by atoms with Crippen LogP contribution in [-0.2, 0) is 55.8 Å². The molecule has 0 amide bonds. The van der Waals surface area contributed by atoms with E-state index >= 15 is 0 Å². The third kappa shape index (κ3) is 77.1. The van der Waals surface area contributed by atoms with E-state index in [1.807, 2.05) is 0 Å². The molecule has 0 spiro atoms. The maximum absolute atomic E-state index is 12.9. The Kier molecular flexibility index (Phi) is 73.0. The number of aliphatic hydroxyl groups excluding tert-OH is 2. The van der Waals surface area contributed by atoms with Crippen LogP contribution in [0.3, 0.4) is 0 Å². The molecule has 584 valence electrons. The van der Waals surface area contributed by atoms with Crippen molar-refractivity contribution in [2.45, 2.75) is 360 Å². The highest BCUT2D eigenvalue weighted by atomic mass is 31.2. The molecule has 0 aliphatic carbocycles. The normalized spacial score (nSPS) is 14.6. The van der Waals surface area contributed by atoms with Gasteiger partial charge in [-0.2, -0.15) is 0 Å². The number of esters is 3. The molecule has 0 bridgehead atoms. The first-order valence-corrected chi connectivity index (χ1v) is 43.2. The number of aliphatic hydroxyl groups is 2. The first-order valence-electron chi connectivity index (χ1n) is 40.2. The summed E-state index contributed by atoms with van der Waals surface area (Å²) >= 11 is 0. The SMILES string of the molecule is CC/C=C\C/C=C\C/C=C\C/C=C\C/C=C\CCCCCCCCCCCCCCCCCCCC(=O)OCC(O)COP(=O)(O)OCC(O)COP(=O)(O)OCC(COC(=O)CCCCCCCC/C=C\C/C=C\C/C=C\C/C=C\CC)OC(=O)CCCCCCCCCCCCCCC. The largest absolute Gasteiger partial charge is 0.472 e. The third-order valence-corrected chi connectivity index (χ3v) is 18.9. The number of phosphoric ester groups is 2. The Morgan fingerprint density at radius 2 is 0.525 bits per heavy atom. The number of carbonyl (C=O) groups is 3. The highest BCUT2D eigenvalue weighted by Gasteiger charge is 2.29. The molecule has 5 unspecified atom stereocenters. The Morgan fingerprint density at radius 1 is 0.287 bits per heavy atom. The summed E-state index contributed by atoms with van der Waals surface area (Å²) in [4.78, 5) is 58.6. The molecule has 0 saturated heterocycles. The molecular weight excluding hydrogens is 1310 g/mol. The maximum atomic E-state index is 12.9. The lowest BCUT2D eigenvalue weighted by atomic mass is 10.0. The number of rotatable bonds is 76. The van der Waals surface area contributed by atoms with Crippen molar-refractivity contribution < 1.29 is 75.8 Å². The lowest BCUT2D eigenvalue weighted by molar-refractivity contribution is -0.161. The van der Waals surface area contributed by atoms with Crippen molar-refractivity contribution in [3.8, 4) is 0 Å². The van der Waals surface area contributed by atoms with Crippen LogP contribution >= 0.6 is 15.6 Å². The quantitative estimate of drug-likeness (QED) is 0.0146. The van der Waals surface area contributed by atoms with Gasteiger partial charge in [0.15, 0.2) is 6.10 Å². The molecule has 0 radical (unpaired) electrons. The van der Waals surface area contributed by atoms with E-state index in [2.05, 4.69) is 130 Å². The minimum Gasteiger partial charge on any atom is -0.463 e. The third-order valence-electron chi connectivity index (χ3n) is 17.0. The topological polar surface area (TPSA) is 231 Å². The van der Waals surface area contributed by atoms with Gasteiger partial charge < -0.3 is 34.2 Å². The van der Waals surface area contributed by atoms with Crippen molar-refractivity contribution in [3.63, 3.8) is 0 Å². The van der Waals surface area contributed by atoms with E-state index in [9.17, 15) is 43.5 Å². The highest BCUT2D eigenvalue weighted by Crippen LogP contribution is 2.45. The zero-order valence-corrected chi connectivity index (χ0v) is 65.6. The van der Waals surface area contributed by atoms with E-state index in [1.54, 1.807) is 0 Å². The van der Waals surface area contributed by atoms with E-state index in [-0.39, 0.29) is 19.3 Å². The number of allylic oxidation sites excluding steroid dienone is 18. The zero-order chi connectivity index (χ0) is 73.7. The Hall–Kier alpha value is -3.79. The smallest absolute Gasteiger partial charge is 0.463 e. The van der Waals surface area contributed by atoms with Gasteiger partial charge in [-0.3, -0.25) is 32.5 Å². The summed E-state index contributed by atoms with van der Waals surface area (Å²) in [5.74, 6) is -1.58. The summed E-state index contributed by atoms with van der Waals surface area (Å²) in [5.41, 5.74) is 0. The first-order chi connectivity index (χ1) is 49.2. The molecule has 0 aliphatic rings. The van der Waals surface area contributed by atoms with Crippen LogP contribution in [0.2, 0.25) is 0 Å². The van der Waals surface area contributed by atoms with Gasteiger partial charge in [0.1, 0.15) is 25.4 Å². The molecule has 0 rings (SSSR count). The molecule has 0 aromatic heterocycles. The summed E-state index contributed by atoms with van der Waals surface area (Å²) in [6.07, 6.45) is 88.7. The standard InChI is InChI=1S/C83H146O16P2/c1-4-7-10-13-16-19-22-25-27-29-31-32-33-34-35-36-37-38-39-40-41-42-43-44-46-48-49-52-54-57-60-63-66-69-81(86)93-72-78(84)73-95-100(89,90)96-74-79(85)75-97-101(91,92)98-77-80(99-83(88)71-68-65-62-59-56-51-24-21-18-15-12-9-6-3)76-94-82(87)70-67-64-61-58-55-53-50-47-45-30-28-26-23-20-17-14-11-8-5-2/h7-8,10-11,16-17,19-20,25-28,31-32,34-35,45,47,78-80,84-85H,4-6,9,12-15,18,21-24,29-30,33,36-44,46,48-77H2,1-3H3,(H,89,90)(H,91,92)/b10-7-,11-8-,19-16-,20-17-,27-25-,28-26-,32-31-,35-34-,47-45-. The predicted molar refractivity (Wildman–Crippen MR) is 417 cm³/mol. The average molecular weight is 1460 g/mol. The van der Waals surface area contributed by atoms with Crippen LogP contribution < -0.4 is 0 Å². The molecule has 101 heavy (non-hydrogen) atoms. The van der Waals surface area contributed by atoms with Gasteiger partial charge in [0.25, 0.3) is 0 Å². The van der Waals surface area contributed by atoms with E-state index in [0.29, 0.717) is 19.3 Å². The fourth-order valence-electron chi connectivity index (χ4n) is 10.9. The molecule has 16 nitrogen and oxygen atoms in total. The average Bonchev–Trinajstić information content (AvgIpc) is 0.933. The molecule has 0 aromatic carbocycles. The summed E-state index contributed by atoms with van der Waals surface area (Å²) in [6.45, 7) is 2.47. The van der Waals surface area contributed by atoms with E-state index in [4.69, 9.17) is 32.3 Å². The van der Waals surface area contributed by atoms with E-state index in [1.165, 1.54) is 141 Å². The monoisotopic (exact) mass is 1460 g/mol. The molecular formula is C83H146O16P2. The Balaban J connectivity index is 4.39. The number of hydrogen-bond donors (Lipinski definition) is 4. The van der Waals surface area contributed by atoms with Crippen molar-refractivity contribution in [2.24, 2.45) is 0 Å². The lowest BCUT2D eigenvalue weighted by Gasteiger charge is -2.21. The summed E-state index contributed by atoms with van der Waals surface area (Å²) in [6, 6.07) is 0. The second kappa shape index (κ2) is 75.9. The fraction of sp³-hybridized carbons (Fsp3) is 0.747. The minimum atomic E-state index is -4.93. The molecule has 0 heterocycles. The van der Waals surface area contributed by atoms with Crippen LogP contribution in [0.25, 0.3) is 0 Å². The van der Waals surface area contributed by atoms with Crippen molar-refractivity contribution >= 4 is 33.6 Å². The van der Waals surface area contributed by atoms with Crippen molar-refractivity contribution in [3.05, 3.63) is 109 Å². The molecule has 0 aliphatic heterocycles. The second-order valence-corrected chi connectivity index (χ2v) is 29.7. The van der Waals surface area contributed by atoms with Crippen molar-refractivity contribution in [1.82, 2.24) is 0 Å². The van der Waals surface area contributed by atoms with Crippen molar-refractivity contribution in [2.75, 3.05) is 39.6 Å². The Morgan fingerprint density at radius 3 is 0.832 bits per heavy atom. The lowest BCUT2D eigenvalue weighted by Crippen LogP contribution is -2.30. The number of phosphoric acid groups is 2. The van der Waals surface area contributed by atoms with E-state index < -0.39 is 91.5 Å². The van der Waals surface area contributed by atoms with Gasteiger partial charge in [-0.05, 0) is 103 Å². The zero-order valence-electron chi connectivity index (χ0n) is 63.8. The summed E-state index contributed by atoms with van der Waals surface area (Å²) < 4.78 is 61.1. The predicted octanol–water partition coefficient (Wildman–Crippen LogP) is 23.5. The second-order valence-electron chi connectivity index (χ2n) is 26.8. The molecule has 0 fully saturated rings. The van der Waals surface area contributed by atoms with Crippen LogP contribution in [0.1, 0.15) is 342 Å². The van der Waals surface area contributed by atoms with Gasteiger partial charge in [-0.1, -0.05) is 329 Å². The Labute approximate surface area is 615 Å². The molecule has 18 heteroatoms.